The Kier molecular flexibility index (Phi) is 6.16. The third-order valence-electron chi connectivity index (χ3n) is 3.78. The van der Waals surface area contributed by atoms with E-state index >= 15 is 0 Å². The highest BCUT2D eigenvalue weighted by molar-refractivity contribution is 5.95. The van der Waals surface area contributed by atoms with Gasteiger partial charge in [-0.05, 0) is 11.5 Å². The molecule has 0 bridgehead atoms. The number of carbonyl (C=O) groups excluding carboxylic acids is 2. The van der Waals surface area contributed by atoms with Gasteiger partial charge in [0.25, 0.3) is 0 Å². The first-order valence-electron chi connectivity index (χ1n) is 8.05. The smallest absolute Gasteiger partial charge is 0.410 e. The Morgan fingerprint density at radius 2 is 1.92 bits per heavy atom. The van der Waals surface area contributed by atoms with Crippen molar-refractivity contribution in [2.45, 2.75) is 26.5 Å². The molecule has 7 heteroatoms. The first-order chi connectivity index (χ1) is 11.9. The van der Waals surface area contributed by atoms with Crippen LogP contribution in [-0.4, -0.2) is 47.0 Å². The number of ether oxygens (including phenoxy) is 1. The van der Waals surface area contributed by atoms with E-state index in [9.17, 15) is 19.5 Å². The van der Waals surface area contributed by atoms with Crippen LogP contribution in [0, 0.1) is 5.92 Å². The van der Waals surface area contributed by atoms with Crippen LogP contribution in [0.2, 0.25) is 0 Å². The van der Waals surface area contributed by atoms with Crippen LogP contribution >= 0.6 is 0 Å². The van der Waals surface area contributed by atoms with Gasteiger partial charge in [-0.25, -0.2) is 9.59 Å². The Bertz CT molecular complexity index is 669. The number of rotatable bonds is 6. The predicted octanol–water partition coefficient (Wildman–Crippen LogP) is 1.79. The van der Waals surface area contributed by atoms with Crippen molar-refractivity contribution in [3.63, 3.8) is 0 Å². The Balaban J connectivity index is 1.97. The standard InChI is InChI=1S/C18H22N2O5/c1-12(2)16(17(22)23)19-14-8-15(21)10-20(9-14)18(24)25-11-13-6-4-3-5-7-13/h3-8,12,16,19H,9-11H2,1-2H3,(H,22,23)/t16-/m0/s1. The first kappa shape index (κ1) is 18.5. The highest BCUT2D eigenvalue weighted by Gasteiger charge is 2.28. The van der Waals surface area contributed by atoms with E-state index in [0.29, 0.717) is 5.70 Å². The van der Waals surface area contributed by atoms with Crippen molar-refractivity contribution in [1.29, 1.82) is 0 Å². The number of amides is 1. The maximum Gasteiger partial charge on any atom is 0.410 e. The van der Waals surface area contributed by atoms with Crippen molar-refractivity contribution >= 4 is 17.8 Å². The summed E-state index contributed by atoms with van der Waals surface area (Å²) in [5.74, 6) is -1.46. The molecule has 2 rings (SSSR count). The third-order valence-corrected chi connectivity index (χ3v) is 3.78. The number of carboxylic acids is 1. The maximum atomic E-state index is 12.2. The Hall–Kier alpha value is -2.83. The lowest BCUT2D eigenvalue weighted by molar-refractivity contribution is -0.140. The van der Waals surface area contributed by atoms with Crippen molar-refractivity contribution in [3.05, 3.63) is 47.7 Å². The number of nitrogens with zero attached hydrogens (tertiary/aromatic N) is 1. The number of hydrogen-bond acceptors (Lipinski definition) is 5. The molecular formula is C18H22N2O5. The second-order valence-corrected chi connectivity index (χ2v) is 6.24. The zero-order valence-corrected chi connectivity index (χ0v) is 14.3. The van der Waals surface area contributed by atoms with Crippen molar-refractivity contribution in [2.24, 2.45) is 5.92 Å². The minimum Gasteiger partial charge on any atom is -0.480 e. The summed E-state index contributed by atoms with van der Waals surface area (Å²) < 4.78 is 5.23. The third kappa shape index (κ3) is 5.34. The second-order valence-electron chi connectivity index (χ2n) is 6.24. The van der Waals surface area contributed by atoms with Crippen molar-refractivity contribution in [1.82, 2.24) is 10.2 Å². The minimum absolute atomic E-state index is 0.0851. The highest BCUT2D eigenvalue weighted by atomic mass is 16.6. The molecule has 2 N–H and O–H groups in total. The van der Waals surface area contributed by atoms with Crippen LogP contribution in [0.25, 0.3) is 0 Å². The van der Waals surface area contributed by atoms with Gasteiger partial charge < -0.3 is 15.2 Å². The quantitative estimate of drug-likeness (QED) is 0.815. The summed E-state index contributed by atoms with van der Waals surface area (Å²) in [6.45, 7) is 3.67. The van der Waals surface area contributed by atoms with Crippen molar-refractivity contribution in [3.8, 4) is 0 Å². The lowest BCUT2D eigenvalue weighted by Crippen LogP contribution is -2.47. The van der Waals surface area contributed by atoms with E-state index in [0.717, 1.165) is 5.56 Å². The Morgan fingerprint density at radius 1 is 1.24 bits per heavy atom. The van der Waals surface area contributed by atoms with Crippen LogP contribution in [0.1, 0.15) is 19.4 Å². The monoisotopic (exact) mass is 346 g/mol. The fourth-order valence-electron chi connectivity index (χ4n) is 2.48. The number of benzene rings is 1. The summed E-state index contributed by atoms with van der Waals surface area (Å²) in [4.78, 5) is 36.6. The van der Waals surface area contributed by atoms with Gasteiger partial charge in [0, 0.05) is 11.8 Å². The molecule has 0 fully saturated rings. The van der Waals surface area contributed by atoms with Gasteiger partial charge in [-0.3, -0.25) is 9.69 Å². The zero-order valence-electron chi connectivity index (χ0n) is 14.3. The molecule has 1 aromatic rings. The van der Waals surface area contributed by atoms with Crippen LogP contribution in [0.4, 0.5) is 4.79 Å². The molecule has 0 aliphatic carbocycles. The van der Waals surface area contributed by atoms with Gasteiger partial charge in [-0.15, -0.1) is 0 Å². The van der Waals surface area contributed by atoms with Gasteiger partial charge in [0.05, 0.1) is 13.1 Å². The summed E-state index contributed by atoms with van der Waals surface area (Å²) in [5.41, 5.74) is 1.24. The van der Waals surface area contributed by atoms with Gasteiger partial charge in [0.2, 0.25) is 0 Å². The summed E-state index contributed by atoms with van der Waals surface area (Å²) in [6.07, 6.45) is 0.736. The summed E-state index contributed by atoms with van der Waals surface area (Å²) in [5, 5.41) is 12.1. The molecule has 0 aromatic heterocycles. The fourth-order valence-corrected chi connectivity index (χ4v) is 2.48. The average Bonchev–Trinajstić information content (AvgIpc) is 2.57. The molecule has 1 aliphatic heterocycles. The van der Waals surface area contributed by atoms with E-state index in [1.165, 1.54) is 11.0 Å². The largest absolute Gasteiger partial charge is 0.480 e. The van der Waals surface area contributed by atoms with E-state index < -0.39 is 18.1 Å². The van der Waals surface area contributed by atoms with Crippen LogP contribution in [-0.2, 0) is 20.9 Å². The molecule has 25 heavy (non-hydrogen) atoms. The number of carbonyl (C=O) groups is 3. The topological polar surface area (TPSA) is 95.9 Å². The average molecular weight is 346 g/mol. The van der Waals surface area contributed by atoms with Gasteiger partial charge in [0.1, 0.15) is 12.6 Å². The number of nitrogens with one attached hydrogen (secondary N) is 1. The minimum atomic E-state index is -1.01. The van der Waals surface area contributed by atoms with Crippen LogP contribution in [0.5, 0.6) is 0 Å². The molecule has 0 saturated carbocycles. The zero-order chi connectivity index (χ0) is 18.4. The molecular weight excluding hydrogens is 324 g/mol. The number of hydrogen-bond donors (Lipinski definition) is 2. The molecule has 7 nitrogen and oxygen atoms in total. The molecule has 1 amide bonds. The van der Waals surface area contributed by atoms with E-state index in [-0.39, 0.29) is 31.4 Å². The summed E-state index contributed by atoms with van der Waals surface area (Å²) >= 11 is 0. The Morgan fingerprint density at radius 3 is 2.52 bits per heavy atom. The molecule has 1 aromatic carbocycles. The van der Waals surface area contributed by atoms with Gasteiger partial charge in [0.15, 0.2) is 5.78 Å². The highest BCUT2D eigenvalue weighted by Crippen LogP contribution is 2.12. The number of carboxylic acid groups (broad SMARTS) is 1. The lowest BCUT2D eigenvalue weighted by atomic mass is 10.0. The predicted molar refractivity (Wildman–Crippen MR) is 90.7 cm³/mol. The SMILES string of the molecule is CC(C)[C@H](NC1=CC(=O)CN(C(=O)OCc2ccccc2)C1)C(=O)O. The Labute approximate surface area is 146 Å². The normalized spacial score (nSPS) is 15.6. The van der Waals surface area contributed by atoms with E-state index in [1.54, 1.807) is 13.8 Å². The van der Waals surface area contributed by atoms with Gasteiger partial charge >= 0.3 is 12.1 Å². The first-order valence-corrected chi connectivity index (χ1v) is 8.05. The molecule has 134 valence electrons. The molecule has 0 radical (unpaired) electrons. The molecule has 1 atom stereocenters. The van der Waals surface area contributed by atoms with Crippen molar-refractivity contribution in [2.75, 3.05) is 13.1 Å². The molecule has 0 unspecified atom stereocenters. The van der Waals surface area contributed by atoms with Crippen LogP contribution in [0.3, 0.4) is 0 Å². The van der Waals surface area contributed by atoms with Crippen LogP contribution in [0.15, 0.2) is 42.1 Å². The van der Waals surface area contributed by atoms with E-state index in [1.807, 2.05) is 30.3 Å². The van der Waals surface area contributed by atoms with Gasteiger partial charge in [-0.2, -0.15) is 0 Å². The summed E-state index contributed by atoms with van der Waals surface area (Å²) in [7, 11) is 0. The molecule has 0 spiro atoms. The van der Waals surface area contributed by atoms with Gasteiger partial charge in [-0.1, -0.05) is 44.2 Å². The second kappa shape index (κ2) is 8.32. The fraction of sp³-hybridized carbons (Fsp3) is 0.389. The number of ketones is 1. The van der Waals surface area contributed by atoms with E-state index in [2.05, 4.69) is 5.32 Å². The lowest BCUT2D eigenvalue weighted by Gasteiger charge is -2.29. The molecule has 1 heterocycles. The maximum absolute atomic E-state index is 12.2. The van der Waals surface area contributed by atoms with E-state index in [4.69, 9.17) is 4.74 Å². The molecule has 0 saturated heterocycles. The number of aliphatic carboxylic acids is 1. The van der Waals surface area contributed by atoms with Crippen molar-refractivity contribution < 1.29 is 24.2 Å². The van der Waals surface area contributed by atoms with Crippen LogP contribution < -0.4 is 5.32 Å². The summed E-state index contributed by atoms with van der Waals surface area (Å²) in [6, 6.07) is 8.39. The molecule has 1 aliphatic rings.